The van der Waals surface area contributed by atoms with E-state index >= 15 is 0 Å². The van der Waals surface area contributed by atoms with Gasteiger partial charge in [0.15, 0.2) is 0 Å². The average molecular weight is 617 g/mol. The van der Waals surface area contributed by atoms with Gasteiger partial charge in [0.1, 0.15) is 0 Å². The molecular weight excluding hydrogens is 570 g/mol. The average Bonchev–Trinajstić information content (AvgIpc) is 2.97. The fourth-order valence-electron chi connectivity index (χ4n) is 5.86. The summed E-state index contributed by atoms with van der Waals surface area (Å²) < 4.78 is 81.0. The molecule has 1 aromatic carbocycles. The van der Waals surface area contributed by atoms with Crippen LogP contribution in [0.4, 0.5) is 26.3 Å². The van der Waals surface area contributed by atoms with Gasteiger partial charge in [-0.2, -0.15) is 26.3 Å². The number of likely N-dealkylation sites (N-methyl/N-ethyl adjacent to an activating group) is 1. The fraction of sp³-hybridized carbons (Fsp3) is 0.594. The van der Waals surface area contributed by atoms with Crippen molar-refractivity contribution in [2.45, 2.75) is 77.4 Å². The zero-order valence-electron chi connectivity index (χ0n) is 25.9. The first-order valence-electron chi connectivity index (χ1n) is 15.0. The number of allylic oxidation sites excluding steroid dienone is 4. The van der Waals surface area contributed by atoms with E-state index in [0.717, 1.165) is 38.3 Å². The summed E-state index contributed by atoms with van der Waals surface area (Å²) in [6, 6.07) is 1.24. The first kappa shape index (κ1) is 36.6. The van der Waals surface area contributed by atoms with Crippen molar-refractivity contribution in [1.29, 1.82) is 0 Å². The molecule has 242 valence electrons. The van der Waals surface area contributed by atoms with Crippen molar-refractivity contribution < 1.29 is 31.1 Å². The van der Waals surface area contributed by atoms with Crippen LogP contribution in [0, 0.1) is 0 Å². The molecule has 2 saturated heterocycles. The Hall–Kier alpha value is -2.63. The van der Waals surface area contributed by atoms with Crippen molar-refractivity contribution in [3.8, 4) is 0 Å². The molecule has 2 aliphatic rings. The van der Waals surface area contributed by atoms with E-state index in [4.69, 9.17) is 0 Å². The quantitative estimate of drug-likeness (QED) is 0.239. The number of halogens is 6. The Labute approximate surface area is 252 Å². The SMILES string of the molecule is C=C/C=C(\C=C/C)CC1CC(N2CCN(C(C)CNC)CC2)CCN1C(=O)c1cc(C(F)(F)F)cc(C(F)(F)F)c1.CC. The molecule has 2 aliphatic heterocycles. The van der Waals surface area contributed by atoms with Crippen molar-refractivity contribution >= 4 is 5.91 Å². The summed E-state index contributed by atoms with van der Waals surface area (Å²) in [5, 5.41) is 3.20. The maximum atomic E-state index is 13.6. The molecule has 2 fully saturated rings. The van der Waals surface area contributed by atoms with Gasteiger partial charge < -0.3 is 10.2 Å². The molecule has 0 saturated carbocycles. The molecule has 0 aliphatic carbocycles. The molecule has 1 N–H and O–H groups in total. The number of piperidine rings is 1. The lowest BCUT2D eigenvalue weighted by Crippen LogP contribution is -2.58. The minimum Gasteiger partial charge on any atom is -0.335 e. The highest BCUT2D eigenvalue weighted by Gasteiger charge is 2.40. The van der Waals surface area contributed by atoms with Gasteiger partial charge in [0.05, 0.1) is 11.1 Å². The first-order valence-corrected chi connectivity index (χ1v) is 15.0. The summed E-state index contributed by atoms with van der Waals surface area (Å²) in [4.78, 5) is 19.9. The van der Waals surface area contributed by atoms with Crippen LogP contribution in [0.2, 0.25) is 0 Å². The van der Waals surface area contributed by atoms with Gasteiger partial charge in [-0.3, -0.25) is 14.6 Å². The highest BCUT2D eigenvalue weighted by atomic mass is 19.4. The maximum absolute atomic E-state index is 13.6. The number of hydrogen-bond acceptors (Lipinski definition) is 4. The maximum Gasteiger partial charge on any atom is 0.416 e. The topological polar surface area (TPSA) is 38.8 Å². The molecular formula is C32H46F6N4O. The fourth-order valence-corrected chi connectivity index (χ4v) is 5.86. The second-order valence-electron chi connectivity index (χ2n) is 10.8. The van der Waals surface area contributed by atoms with Gasteiger partial charge in [-0.15, -0.1) is 0 Å². The van der Waals surface area contributed by atoms with Crippen molar-refractivity contribution in [1.82, 2.24) is 20.0 Å². The highest BCUT2D eigenvalue weighted by Crippen LogP contribution is 2.37. The van der Waals surface area contributed by atoms with Crippen LogP contribution >= 0.6 is 0 Å². The second kappa shape index (κ2) is 16.4. The summed E-state index contributed by atoms with van der Waals surface area (Å²) in [6.07, 6.45) is -1.35. The molecule has 3 unspecified atom stereocenters. The Balaban J connectivity index is 0.00000316. The third-order valence-corrected chi connectivity index (χ3v) is 7.96. The van der Waals surface area contributed by atoms with Crippen LogP contribution in [0.3, 0.4) is 0 Å². The molecule has 43 heavy (non-hydrogen) atoms. The number of nitrogens with zero attached hydrogens (tertiary/aromatic N) is 3. The van der Waals surface area contributed by atoms with E-state index in [-0.39, 0.29) is 18.7 Å². The Morgan fingerprint density at radius 1 is 1.02 bits per heavy atom. The molecule has 11 heteroatoms. The van der Waals surface area contributed by atoms with Crippen molar-refractivity contribution in [3.05, 3.63) is 71.3 Å². The molecule has 3 rings (SSSR count). The van der Waals surface area contributed by atoms with Gasteiger partial charge in [-0.1, -0.05) is 44.7 Å². The number of piperazine rings is 1. The molecule has 0 bridgehead atoms. The smallest absolute Gasteiger partial charge is 0.335 e. The van der Waals surface area contributed by atoms with Crippen LogP contribution in [0.25, 0.3) is 0 Å². The van der Waals surface area contributed by atoms with Crippen molar-refractivity contribution in [2.24, 2.45) is 0 Å². The Kier molecular flexibility index (Phi) is 14.0. The minimum atomic E-state index is -5.03. The van der Waals surface area contributed by atoms with Crippen LogP contribution in [-0.4, -0.2) is 85.0 Å². The second-order valence-corrected chi connectivity index (χ2v) is 10.8. The number of benzene rings is 1. The Morgan fingerprint density at radius 2 is 1.60 bits per heavy atom. The predicted molar refractivity (Wildman–Crippen MR) is 160 cm³/mol. The summed E-state index contributed by atoms with van der Waals surface area (Å²) >= 11 is 0. The van der Waals surface area contributed by atoms with E-state index < -0.39 is 41.0 Å². The van der Waals surface area contributed by atoms with Crippen LogP contribution < -0.4 is 5.32 Å². The van der Waals surface area contributed by atoms with E-state index in [1.165, 1.54) is 4.90 Å². The van der Waals surface area contributed by atoms with E-state index in [0.29, 0.717) is 37.4 Å². The van der Waals surface area contributed by atoms with Gasteiger partial charge in [0, 0.05) is 63.0 Å². The number of amides is 1. The third kappa shape index (κ3) is 10.2. The molecule has 3 atom stereocenters. The lowest BCUT2D eigenvalue weighted by molar-refractivity contribution is -0.143. The monoisotopic (exact) mass is 616 g/mol. The van der Waals surface area contributed by atoms with Gasteiger partial charge in [0.2, 0.25) is 0 Å². The minimum absolute atomic E-state index is 0.0501. The molecule has 0 radical (unpaired) electrons. The number of nitrogens with one attached hydrogen (secondary N) is 1. The number of rotatable bonds is 9. The first-order chi connectivity index (χ1) is 20.3. The lowest BCUT2D eigenvalue weighted by atomic mass is 9.89. The Bertz CT molecular complexity index is 1070. The normalized spacial score (nSPS) is 21.8. The summed E-state index contributed by atoms with van der Waals surface area (Å²) in [6.45, 7) is 16.4. The molecule has 1 aromatic rings. The van der Waals surface area contributed by atoms with Crippen LogP contribution in [0.1, 0.15) is 68.4 Å². The van der Waals surface area contributed by atoms with Crippen LogP contribution in [0.5, 0.6) is 0 Å². The number of carbonyl (C=O) groups is 1. The predicted octanol–water partition coefficient (Wildman–Crippen LogP) is 7.03. The van der Waals surface area contributed by atoms with E-state index in [1.807, 2.05) is 40.0 Å². The van der Waals surface area contributed by atoms with E-state index in [2.05, 4.69) is 28.6 Å². The number of hydrogen-bond donors (Lipinski definition) is 1. The van der Waals surface area contributed by atoms with Gasteiger partial charge in [-0.05, 0) is 63.9 Å². The summed E-state index contributed by atoms with van der Waals surface area (Å²) in [7, 11) is 1.92. The molecule has 1 amide bonds. The van der Waals surface area contributed by atoms with E-state index in [1.54, 1.807) is 12.2 Å². The summed E-state index contributed by atoms with van der Waals surface area (Å²) in [5.41, 5.74) is -2.72. The number of alkyl halides is 6. The largest absolute Gasteiger partial charge is 0.416 e. The number of carbonyl (C=O) groups excluding carboxylic acids is 1. The van der Waals surface area contributed by atoms with Gasteiger partial charge in [-0.25, -0.2) is 0 Å². The van der Waals surface area contributed by atoms with Crippen LogP contribution in [-0.2, 0) is 12.4 Å². The molecule has 5 nitrogen and oxygen atoms in total. The van der Waals surface area contributed by atoms with Crippen molar-refractivity contribution in [2.75, 3.05) is 46.3 Å². The van der Waals surface area contributed by atoms with Gasteiger partial charge >= 0.3 is 12.4 Å². The van der Waals surface area contributed by atoms with Gasteiger partial charge in [0.25, 0.3) is 5.91 Å². The number of likely N-dealkylation sites (tertiary alicyclic amines) is 1. The molecule has 2 heterocycles. The third-order valence-electron chi connectivity index (χ3n) is 7.96. The Morgan fingerprint density at radius 3 is 2.09 bits per heavy atom. The zero-order valence-corrected chi connectivity index (χ0v) is 25.9. The summed E-state index contributed by atoms with van der Waals surface area (Å²) in [5.74, 6) is -0.825. The highest BCUT2D eigenvalue weighted by molar-refractivity contribution is 5.95. The van der Waals surface area contributed by atoms with Crippen molar-refractivity contribution in [3.63, 3.8) is 0 Å². The molecule has 0 spiro atoms. The zero-order chi connectivity index (χ0) is 32.4. The molecule has 0 aromatic heterocycles. The standard InChI is InChI=1S/C30H40F6N4O.C2H6/c1-5-7-22(8-6-2)15-27-19-26(39-13-11-38(12-14-39)21(3)20-37-4)9-10-40(27)28(41)23-16-24(29(31,32)33)18-25(17-23)30(34,35)36;1-2/h5-8,16-18,21,26-27,37H,1,9-15,19-20H2,2-4H3;1-2H3/b8-6-,22-7+;. The lowest BCUT2D eigenvalue weighted by Gasteiger charge is -2.47. The van der Waals surface area contributed by atoms with Crippen LogP contribution in [0.15, 0.2) is 54.7 Å². The van der Waals surface area contributed by atoms with E-state index in [9.17, 15) is 31.1 Å².